The lowest BCUT2D eigenvalue weighted by Crippen LogP contribution is -2.46. The van der Waals surface area contributed by atoms with E-state index >= 15 is 0 Å². The quantitative estimate of drug-likeness (QED) is 0.863. The van der Waals surface area contributed by atoms with Crippen molar-refractivity contribution in [3.63, 3.8) is 0 Å². The Kier molecular flexibility index (Phi) is 5.41. The number of rotatable bonds is 6. The van der Waals surface area contributed by atoms with E-state index in [1.807, 2.05) is 0 Å². The Balaban J connectivity index is 1.89. The Bertz CT molecular complexity index is 692. The number of aromatic nitrogens is 3. The molecule has 0 saturated carbocycles. The molecule has 2 aromatic rings. The van der Waals surface area contributed by atoms with Gasteiger partial charge in [0, 0.05) is 18.2 Å². The lowest BCUT2D eigenvalue weighted by atomic mass is 9.88. The van der Waals surface area contributed by atoms with Gasteiger partial charge in [0.2, 0.25) is 0 Å². The highest BCUT2D eigenvalue weighted by Gasteiger charge is 2.41. The number of hydrogen-bond donors (Lipinski definition) is 1. The maximum absolute atomic E-state index is 14.4. The van der Waals surface area contributed by atoms with Gasteiger partial charge in [-0.2, -0.15) is 0 Å². The molecule has 25 heavy (non-hydrogen) atoms. The summed E-state index contributed by atoms with van der Waals surface area (Å²) in [5.41, 5.74) is -1.80. The molecule has 2 heterocycles. The van der Waals surface area contributed by atoms with E-state index in [2.05, 4.69) is 10.2 Å². The van der Waals surface area contributed by atoms with Crippen LogP contribution in [0.15, 0.2) is 30.9 Å². The first-order valence-electron chi connectivity index (χ1n) is 8.26. The summed E-state index contributed by atoms with van der Waals surface area (Å²) in [6, 6.07) is 3.09. The third kappa shape index (κ3) is 4.02. The highest BCUT2D eigenvalue weighted by Crippen LogP contribution is 2.33. The summed E-state index contributed by atoms with van der Waals surface area (Å²) in [5.74, 6) is -1.55. The third-order valence-corrected chi connectivity index (χ3v) is 4.45. The Morgan fingerprint density at radius 2 is 2.12 bits per heavy atom. The molecule has 1 N–H and O–H groups in total. The zero-order valence-electron chi connectivity index (χ0n) is 13.9. The Morgan fingerprint density at radius 3 is 2.76 bits per heavy atom. The molecule has 3 atom stereocenters. The molecule has 6 nitrogen and oxygen atoms in total. The van der Waals surface area contributed by atoms with Gasteiger partial charge >= 0.3 is 0 Å². The van der Waals surface area contributed by atoms with Crippen molar-refractivity contribution in [1.82, 2.24) is 14.8 Å². The van der Waals surface area contributed by atoms with Crippen molar-refractivity contribution in [2.75, 3.05) is 6.61 Å². The van der Waals surface area contributed by atoms with Crippen molar-refractivity contribution >= 4 is 0 Å². The van der Waals surface area contributed by atoms with Crippen LogP contribution in [0.25, 0.3) is 0 Å². The summed E-state index contributed by atoms with van der Waals surface area (Å²) in [7, 11) is 0. The van der Waals surface area contributed by atoms with Crippen LogP contribution in [0, 0.1) is 11.6 Å². The fraction of sp³-hybridized carbons (Fsp3) is 0.529. The van der Waals surface area contributed by atoms with E-state index in [0.29, 0.717) is 13.0 Å². The van der Waals surface area contributed by atoms with Gasteiger partial charge in [-0.1, -0.05) is 6.07 Å². The van der Waals surface area contributed by atoms with Gasteiger partial charge in [-0.15, -0.1) is 10.2 Å². The molecule has 0 aliphatic carbocycles. The third-order valence-electron chi connectivity index (χ3n) is 4.45. The van der Waals surface area contributed by atoms with Crippen LogP contribution in [0.3, 0.4) is 0 Å². The predicted octanol–water partition coefficient (Wildman–Crippen LogP) is 2.38. The fourth-order valence-corrected chi connectivity index (χ4v) is 3.01. The van der Waals surface area contributed by atoms with Crippen LogP contribution < -0.4 is 0 Å². The summed E-state index contributed by atoms with van der Waals surface area (Å²) in [6.07, 6.45) is 4.20. The molecule has 0 amide bonds. The van der Waals surface area contributed by atoms with Gasteiger partial charge in [0.05, 0.1) is 12.6 Å². The van der Waals surface area contributed by atoms with Crippen LogP contribution in [0.2, 0.25) is 0 Å². The molecule has 0 radical (unpaired) electrons. The van der Waals surface area contributed by atoms with E-state index in [1.54, 1.807) is 6.92 Å². The van der Waals surface area contributed by atoms with Gasteiger partial charge < -0.3 is 19.1 Å². The minimum atomic E-state index is -1.75. The van der Waals surface area contributed by atoms with Crippen molar-refractivity contribution in [3.05, 3.63) is 48.1 Å². The molecule has 136 valence electrons. The van der Waals surface area contributed by atoms with Gasteiger partial charge in [-0.3, -0.25) is 0 Å². The lowest BCUT2D eigenvalue weighted by Gasteiger charge is -2.37. The topological polar surface area (TPSA) is 69.4 Å². The fourth-order valence-electron chi connectivity index (χ4n) is 3.01. The summed E-state index contributed by atoms with van der Waals surface area (Å²) in [4.78, 5) is 0. The first-order chi connectivity index (χ1) is 12.0. The summed E-state index contributed by atoms with van der Waals surface area (Å²) >= 11 is 0. The Morgan fingerprint density at radius 1 is 1.36 bits per heavy atom. The number of halogens is 2. The average molecular weight is 353 g/mol. The minimum absolute atomic E-state index is 0.0452. The minimum Gasteiger partial charge on any atom is -0.380 e. The zero-order chi connectivity index (χ0) is 17.9. The molecule has 1 unspecified atom stereocenters. The van der Waals surface area contributed by atoms with Crippen LogP contribution in [0.5, 0.6) is 0 Å². The van der Waals surface area contributed by atoms with E-state index in [-0.39, 0.29) is 12.1 Å². The molecule has 1 aliphatic rings. The van der Waals surface area contributed by atoms with Crippen molar-refractivity contribution in [1.29, 1.82) is 0 Å². The van der Waals surface area contributed by atoms with Gasteiger partial charge in [0.25, 0.3) is 0 Å². The number of ether oxygens (including phenoxy) is 2. The molecule has 1 saturated heterocycles. The molecule has 1 aromatic carbocycles. The number of aliphatic hydroxyl groups is 1. The summed E-state index contributed by atoms with van der Waals surface area (Å²) < 4.78 is 40.6. The molecular formula is C17H21F2N3O3. The van der Waals surface area contributed by atoms with Crippen LogP contribution in [0.4, 0.5) is 8.78 Å². The molecular weight excluding hydrogens is 332 g/mol. The smallest absolute Gasteiger partial charge is 0.158 e. The largest absolute Gasteiger partial charge is 0.380 e. The highest BCUT2D eigenvalue weighted by atomic mass is 19.1. The van der Waals surface area contributed by atoms with Gasteiger partial charge in [-0.25, -0.2) is 8.78 Å². The first kappa shape index (κ1) is 17.9. The number of hydrogen-bond acceptors (Lipinski definition) is 5. The van der Waals surface area contributed by atoms with Crippen molar-refractivity contribution < 1.29 is 23.4 Å². The molecule has 1 fully saturated rings. The van der Waals surface area contributed by atoms with Crippen LogP contribution in [0.1, 0.15) is 31.7 Å². The van der Waals surface area contributed by atoms with Gasteiger partial charge in [0.1, 0.15) is 29.9 Å². The molecule has 0 bridgehead atoms. The molecule has 3 rings (SSSR count). The lowest BCUT2D eigenvalue weighted by molar-refractivity contribution is -0.229. The van der Waals surface area contributed by atoms with E-state index < -0.39 is 29.6 Å². The summed E-state index contributed by atoms with van der Waals surface area (Å²) in [5, 5.41) is 18.7. The normalized spacial score (nSPS) is 21.7. The van der Waals surface area contributed by atoms with Crippen molar-refractivity contribution in [2.45, 2.75) is 50.7 Å². The SMILES string of the molecule is C[C@@H](OC1CCCCO1)[C@](O)(Cn1cnnc1)c1ccc(F)cc1F. The Hall–Kier alpha value is -1.90. The zero-order valence-corrected chi connectivity index (χ0v) is 13.9. The maximum atomic E-state index is 14.4. The molecule has 8 heteroatoms. The monoisotopic (exact) mass is 353 g/mol. The predicted molar refractivity (Wildman–Crippen MR) is 84.4 cm³/mol. The molecule has 1 aromatic heterocycles. The number of nitrogens with zero attached hydrogens (tertiary/aromatic N) is 3. The van der Waals surface area contributed by atoms with Crippen LogP contribution in [-0.2, 0) is 21.6 Å². The van der Waals surface area contributed by atoms with Gasteiger partial charge in [-0.05, 0) is 32.3 Å². The standard InChI is InChI=1S/C17H21F2N3O3/c1-12(25-16-4-2-3-7-24-16)17(23,9-22-10-20-21-11-22)14-6-5-13(18)8-15(14)19/h5-6,8,10-12,16,23H,2-4,7,9H2,1H3/t12-,16?,17-/m1/s1. The van der Waals surface area contributed by atoms with Crippen molar-refractivity contribution in [2.24, 2.45) is 0 Å². The van der Waals surface area contributed by atoms with Crippen LogP contribution in [-0.4, -0.2) is 38.9 Å². The molecule has 1 aliphatic heterocycles. The van der Waals surface area contributed by atoms with Gasteiger partial charge in [0.15, 0.2) is 6.29 Å². The van der Waals surface area contributed by atoms with E-state index in [1.165, 1.54) is 23.3 Å². The van der Waals surface area contributed by atoms with Crippen LogP contribution >= 0.6 is 0 Å². The maximum Gasteiger partial charge on any atom is 0.158 e. The molecule has 0 spiro atoms. The summed E-state index contributed by atoms with van der Waals surface area (Å²) in [6.45, 7) is 2.19. The Labute approximate surface area is 144 Å². The van der Waals surface area contributed by atoms with E-state index in [0.717, 1.165) is 25.0 Å². The number of benzene rings is 1. The second-order valence-electron chi connectivity index (χ2n) is 6.26. The average Bonchev–Trinajstić information content (AvgIpc) is 3.08. The van der Waals surface area contributed by atoms with Crippen molar-refractivity contribution in [3.8, 4) is 0 Å². The van der Waals surface area contributed by atoms with E-state index in [9.17, 15) is 13.9 Å². The second kappa shape index (κ2) is 7.55. The highest BCUT2D eigenvalue weighted by molar-refractivity contribution is 5.26. The van der Waals surface area contributed by atoms with E-state index in [4.69, 9.17) is 9.47 Å². The first-order valence-corrected chi connectivity index (χ1v) is 8.26. The second-order valence-corrected chi connectivity index (χ2v) is 6.26.